The van der Waals surface area contributed by atoms with Crippen LogP contribution in [0.15, 0.2) is 83.0 Å². The van der Waals surface area contributed by atoms with Crippen molar-refractivity contribution in [3.05, 3.63) is 99.7 Å². The van der Waals surface area contributed by atoms with E-state index in [9.17, 15) is 14.7 Å². The number of carbonyl (C=O) groups is 2. The summed E-state index contributed by atoms with van der Waals surface area (Å²) in [5.74, 6) is -0.0677. The average molecular weight is 538 g/mol. The van der Waals surface area contributed by atoms with Crippen molar-refractivity contribution in [3.63, 3.8) is 0 Å². The number of aliphatic hydroxyl groups is 1. The topological polar surface area (TPSA) is 85.3 Å². The molecular formula is C27H24BrNO6. The molecule has 1 aliphatic heterocycles. The van der Waals surface area contributed by atoms with E-state index in [1.54, 1.807) is 67.8 Å². The van der Waals surface area contributed by atoms with E-state index < -0.39 is 17.2 Å². The normalized spacial score (nSPS) is 17.2. The Hall–Kier alpha value is -3.78. The molecule has 0 radical (unpaired) electrons. The number of carbonyl (C=O) groups excluding carboxylic acids is 2. The molecule has 0 spiro atoms. The smallest absolute Gasteiger partial charge is 0.290 e. The van der Waals surface area contributed by atoms with Crippen LogP contribution in [0.1, 0.15) is 21.5 Å². The van der Waals surface area contributed by atoms with E-state index in [4.69, 9.17) is 14.2 Å². The molecule has 0 saturated heterocycles. The maximum atomic E-state index is 14.2. The molecule has 0 fully saturated rings. The van der Waals surface area contributed by atoms with Crippen LogP contribution >= 0.6 is 15.9 Å². The highest BCUT2D eigenvalue weighted by atomic mass is 79.9. The SMILES string of the molecule is COc1cccc(CN2C(=O)C(O)=CC2(C(=O)c2ccc(Br)cc2)c2ccc(OC)c(OC)c2)c1. The van der Waals surface area contributed by atoms with Crippen LogP contribution in [0.5, 0.6) is 17.2 Å². The molecule has 1 heterocycles. The number of nitrogens with zero attached hydrogens (tertiary/aromatic N) is 1. The first-order valence-electron chi connectivity index (χ1n) is 10.7. The van der Waals surface area contributed by atoms with Gasteiger partial charge in [-0.3, -0.25) is 9.59 Å². The van der Waals surface area contributed by atoms with E-state index in [1.807, 2.05) is 6.07 Å². The summed E-state index contributed by atoms with van der Waals surface area (Å²) in [7, 11) is 4.56. The van der Waals surface area contributed by atoms with Gasteiger partial charge in [-0.05, 0) is 47.5 Å². The van der Waals surface area contributed by atoms with Gasteiger partial charge in [-0.2, -0.15) is 0 Å². The number of hydrogen-bond acceptors (Lipinski definition) is 6. The van der Waals surface area contributed by atoms with Gasteiger partial charge >= 0.3 is 0 Å². The highest BCUT2D eigenvalue weighted by Crippen LogP contribution is 2.44. The van der Waals surface area contributed by atoms with Crippen LogP contribution in [0.25, 0.3) is 0 Å². The van der Waals surface area contributed by atoms with Crippen LogP contribution in [-0.2, 0) is 16.9 Å². The van der Waals surface area contributed by atoms with Crippen molar-refractivity contribution < 1.29 is 28.9 Å². The maximum Gasteiger partial charge on any atom is 0.290 e. The van der Waals surface area contributed by atoms with E-state index in [0.717, 1.165) is 10.0 Å². The lowest BCUT2D eigenvalue weighted by molar-refractivity contribution is -0.131. The summed E-state index contributed by atoms with van der Waals surface area (Å²) in [6.45, 7) is 0.0488. The third-order valence-electron chi connectivity index (χ3n) is 5.99. The van der Waals surface area contributed by atoms with Crippen molar-refractivity contribution in [3.8, 4) is 17.2 Å². The predicted molar refractivity (Wildman–Crippen MR) is 134 cm³/mol. The first-order valence-corrected chi connectivity index (χ1v) is 11.5. The molecule has 4 rings (SSSR count). The van der Waals surface area contributed by atoms with Gasteiger partial charge in [0.05, 0.1) is 21.3 Å². The largest absolute Gasteiger partial charge is 0.503 e. The van der Waals surface area contributed by atoms with Gasteiger partial charge in [-0.1, -0.05) is 46.3 Å². The second-order valence-corrected chi connectivity index (χ2v) is 8.86. The fourth-order valence-electron chi connectivity index (χ4n) is 4.24. The number of benzene rings is 3. The third kappa shape index (κ3) is 4.37. The summed E-state index contributed by atoms with van der Waals surface area (Å²) in [6.07, 6.45) is 1.31. The lowest BCUT2D eigenvalue weighted by Gasteiger charge is -2.37. The molecule has 1 aliphatic rings. The van der Waals surface area contributed by atoms with Gasteiger partial charge < -0.3 is 24.2 Å². The lowest BCUT2D eigenvalue weighted by atomic mass is 9.81. The molecule has 8 heteroatoms. The molecule has 35 heavy (non-hydrogen) atoms. The first kappa shape index (κ1) is 24.3. The van der Waals surface area contributed by atoms with Crippen molar-refractivity contribution in [2.24, 2.45) is 0 Å². The number of methoxy groups -OCH3 is 3. The molecule has 0 bridgehead atoms. The number of Topliss-reactive ketones (excluding diaryl/α,β-unsaturated/α-hetero) is 1. The van der Waals surface area contributed by atoms with Crippen molar-refractivity contribution in [1.82, 2.24) is 4.90 Å². The highest BCUT2D eigenvalue weighted by molar-refractivity contribution is 9.10. The van der Waals surface area contributed by atoms with Crippen molar-refractivity contribution in [2.45, 2.75) is 12.1 Å². The van der Waals surface area contributed by atoms with E-state index in [0.29, 0.717) is 28.4 Å². The van der Waals surface area contributed by atoms with Crippen molar-refractivity contribution in [1.29, 1.82) is 0 Å². The van der Waals surface area contributed by atoms with Crippen LogP contribution in [0.3, 0.4) is 0 Å². The number of halogens is 1. The minimum absolute atomic E-state index is 0.0488. The quantitative estimate of drug-likeness (QED) is 0.405. The van der Waals surface area contributed by atoms with Crippen LogP contribution in [0, 0.1) is 0 Å². The molecule has 0 aliphatic carbocycles. The molecule has 0 aromatic heterocycles. The minimum Gasteiger partial charge on any atom is -0.503 e. The molecule has 180 valence electrons. The second-order valence-electron chi connectivity index (χ2n) is 7.94. The van der Waals surface area contributed by atoms with E-state index >= 15 is 0 Å². The Kier molecular flexibility index (Phi) is 6.84. The molecule has 3 aromatic rings. The standard InChI is InChI=1S/C27H24BrNO6/c1-33-21-6-4-5-17(13-21)16-29-26(32)22(30)15-27(29,25(31)18-7-10-20(28)11-8-18)19-9-12-23(34-2)24(14-19)35-3/h4-15,30H,16H2,1-3H3. The number of ether oxygens (including phenoxy) is 3. The number of amides is 1. The third-order valence-corrected chi connectivity index (χ3v) is 6.52. The van der Waals surface area contributed by atoms with Gasteiger partial charge in [0, 0.05) is 22.7 Å². The summed E-state index contributed by atoms with van der Waals surface area (Å²) in [5.41, 5.74) is -0.0764. The zero-order valence-electron chi connectivity index (χ0n) is 19.4. The summed E-state index contributed by atoms with van der Waals surface area (Å²) in [6, 6.07) is 19.1. The van der Waals surface area contributed by atoms with Gasteiger partial charge in [-0.15, -0.1) is 0 Å². The van der Waals surface area contributed by atoms with Gasteiger partial charge in [0.15, 0.2) is 28.6 Å². The van der Waals surface area contributed by atoms with Crippen molar-refractivity contribution in [2.75, 3.05) is 21.3 Å². The first-order chi connectivity index (χ1) is 16.8. The van der Waals surface area contributed by atoms with Crippen LogP contribution in [-0.4, -0.2) is 43.0 Å². The molecule has 1 unspecified atom stereocenters. The molecule has 1 amide bonds. The Morgan fingerprint density at radius 2 is 1.66 bits per heavy atom. The van der Waals surface area contributed by atoms with Gasteiger partial charge in [0.25, 0.3) is 5.91 Å². The molecule has 7 nitrogen and oxygen atoms in total. The maximum absolute atomic E-state index is 14.2. The Bertz CT molecular complexity index is 1300. The zero-order valence-corrected chi connectivity index (χ0v) is 21.0. The Morgan fingerprint density at radius 3 is 2.31 bits per heavy atom. The summed E-state index contributed by atoms with van der Waals surface area (Å²) in [5, 5.41) is 10.6. The molecule has 3 aromatic carbocycles. The Balaban J connectivity index is 1.93. The Morgan fingerprint density at radius 1 is 0.943 bits per heavy atom. The molecular weight excluding hydrogens is 514 g/mol. The summed E-state index contributed by atoms with van der Waals surface area (Å²) < 4.78 is 17.0. The van der Waals surface area contributed by atoms with Gasteiger partial charge in [-0.25, -0.2) is 0 Å². The van der Waals surface area contributed by atoms with Crippen LogP contribution in [0.4, 0.5) is 0 Å². The number of aliphatic hydroxyl groups excluding tert-OH is 1. The average Bonchev–Trinajstić information content (AvgIpc) is 3.14. The van der Waals surface area contributed by atoms with Gasteiger partial charge in [0.2, 0.25) is 0 Å². The molecule has 1 N–H and O–H groups in total. The summed E-state index contributed by atoms with van der Waals surface area (Å²) in [4.78, 5) is 28.8. The fraction of sp³-hybridized carbons (Fsp3) is 0.185. The highest BCUT2D eigenvalue weighted by Gasteiger charge is 2.52. The second kappa shape index (κ2) is 9.84. The van der Waals surface area contributed by atoms with Crippen LogP contribution in [0.2, 0.25) is 0 Å². The molecule has 0 saturated carbocycles. The number of hydrogen-bond donors (Lipinski definition) is 1. The monoisotopic (exact) mass is 537 g/mol. The number of ketones is 1. The number of rotatable bonds is 8. The Labute approximate surface area is 211 Å². The van der Waals surface area contributed by atoms with Gasteiger partial charge in [0.1, 0.15) is 5.75 Å². The van der Waals surface area contributed by atoms with Crippen molar-refractivity contribution >= 4 is 27.6 Å². The summed E-state index contributed by atoms with van der Waals surface area (Å²) >= 11 is 3.39. The zero-order chi connectivity index (χ0) is 25.2. The van der Waals surface area contributed by atoms with Crippen LogP contribution < -0.4 is 14.2 Å². The lowest BCUT2D eigenvalue weighted by Crippen LogP contribution is -2.49. The predicted octanol–water partition coefficient (Wildman–Crippen LogP) is 5.04. The van der Waals surface area contributed by atoms with E-state index in [-0.39, 0.29) is 12.3 Å². The minimum atomic E-state index is -1.63. The fourth-order valence-corrected chi connectivity index (χ4v) is 4.50. The van der Waals surface area contributed by atoms with E-state index in [2.05, 4.69) is 15.9 Å². The molecule has 1 atom stereocenters. The van der Waals surface area contributed by atoms with E-state index in [1.165, 1.54) is 25.2 Å².